The Kier molecular flexibility index (Phi) is 6.38. The Hall–Kier alpha value is -3.07. The molecule has 9 heteroatoms. The first kappa shape index (κ1) is 20.7. The molecule has 154 valence electrons. The van der Waals surface area contributed by atoms with E-state index in [1.54, 1.807) is 0 Å². The molecule has 1 heterocycles. The van der Waals surface area contributed by atoms with Gasteiger partial charge in [0.15, 0.2) is 6.61 Å². The van der Waals surface area contributed by atoms with Gasteiger partial charge < -0.3 is 24.6 Å². The molecule has 0 saturated carbocycles. The van der Waals surface area contributed by atoms with Crippen molar-refractivity contribution in [2.24, 2.45) is 0 Å². The summed E-state index contributed by atoms with van der Waals surface area (Å²) in [7, 11) is 2.73. The summed E-state index contributed by atoms with van der Waals surface area (Å²) in [5, 5.41) is 12.9. The molecule has 1 aliphatic carbocycles. The van der Waals surface area contributed by atoms with Gasteiger partial charge in [-0.25, -0.2) is 9.59 Å². The number of nitrogens with one attached hydrogen (secondary N) is 1. The predicted molar refractivity (Wildman–Crippen MR) is 106 cm³/mol. The minimum atomic E-state index is -0.848. The highest BCUT2D eigenvalue weighted by molar-refractivity contribution is 7.17. The van der Waals surface area contributed by atoms with E-state index in [4.69, 9.17) is 14.2 Å². The number of phenolic OH excluding ortho intramolecular Hbond substituents is 1. The van der Waals surface area contributed by atoms with E-state index in [1.165, 1.54) is 43.8 Å². The van der Waals surface area contributed by atoms with Crippen LogP contribution in [0.4, 0.5) is 5.00 Å². The number of esters is 2. The van der Waals surface area contributed by atoms with Crippen LogP contribution in [0.15, 0.2) is 18.2 Å². The van der Waals surface area contributed by atoms with E-state index in [2.05, 4.69) is 5.32 Å². The number of thiophene rings is 1. The fourth-order valence-electron chi connectivity index (χ4n) is 3.15. The van der Waals surface area contributed by atoms with E-state index in [1.807, 2.05) is 0 Å². The van der Waals surface area contributed by atoms with Gasteiger partial charge >= 0.3 is 11.9 Å². The number of methoxy groups -OCH3 is 2. The highest BCUT2D eigenvalue weighted by Crippen LogP contribution is 2.38. The van der Waals surface area contributed by atoms with Gasteiger partial charge in [0, 0.05) is 10.9 Å². The maximum atomic E-state index is 12.3. The zero-order valence-electron chi connectivity index (χ0n) is 16.1. The molecule has 0 atom stereocenters. The Morgan fingerprint density at radius 2 is 1.90 bits per heavy atom. The van der Waals surface area contributed by atoms with Crippen molar-refractivity contribution in [3.8, 4) is 11.5 Å². The first-order chi connectivity index (χ1) is 13.9. The van der Waals surface area contributed by atoms with Crippen LogP contribution in [0.3, 0.4) is 0 Å². The highest BCUT2D eigenvalue weighted by Gasteiger charge is 2.27. The average Bonchev–Trinajstić information content (AvgIpc) is 3.08. The third-order valence-corrected chi connectivity index (χ3v) is 5.78. The fraction of sp³-hybridized carbons (Fsp3) is 0.350. The molecule has 2 aromatic rings. The summed E-state index contributed by atoms with van der Waals surface area (Å²) in [6, 6.07) is 4.11. The molecule has 1 aromatic heterocycles. The van der Waals surface area contributed by atoms with Crippen molar-refractivity contribution in [2.45, 2.75) is 25.7 Å². The second-order valence-corrected chi connectivity index (χ2v) is 7.52. The van der Waals surface area contributed by atoms with Crippen molar-refractivity contribution in [1.29, 1.82) is 0 Å². The molecular weight excluding hydrogens is 398 g/mol. The molecule has 0 unspecified atom stereocenters. The van der Waals surface area contributed by atoms with E-state index in [-0.39, 0.29) is 11.3 Å². The van der Waals surface area contributed by atoms with Gasteiger partial charge in [-0.15, -0.1) is 11.3 Å². The summed E-state index contributed by atoms with van der Waals surface area (Å²) in [6.07, 6.45) is 3.62. The topological polar surface area (TPSA) is 111 Å². The molecule has 0 spiro atoms. The van der Waals surface area contributed by atoms with Crippen LogP contribution in [0, 0.1) is 0 Å². The Morgan fingerprint density at radius 3 is 2.59 bits per heavy atom. The molecule has 0 bridgehead atoms. The second kappa shape index (κ2) is 8.95. The molecule has 0 saturated heterocycles. The number of benzene rings is 1. The molecule has 3 rings (SSSR count). The molecule has 1 aliphatic rings. The second-order valence-electron chi connectivity index (χ2n) is 6.41. The SMILES string of the molecule is COC(=O)c1c(NC(=O)COC(=O)c2ccc(OC)cc2O)sc2c1CCCC2. The number of carbonyl (C=O) groups excluding carboxylic acids is 3. The first-order valence-corrected chi connectivity index (χ1v) is 9.83. The molecule has 1 amide bonds. The van der Waals surface area contributed by atoms with Gasteiger partial charge in [0.05, 0.1) is 19.8 Å². The van der Waals surface area contributed by atoms with Gasteiger partial charge in [0.25, 0.3) is 5.91 Å². The summed E-state index contributed by atoms with van der Waals surface area (Å²) in [5.74, 6) is -1.86. The van der Waals surface area contributed by atoms with E-state index in [0.717, 1.165) is 36.1 Å². The predicted octanol–water partition coefficient (Wildman–Crippen LogP) is 2.92. The smallest absolute Gasteiger partial charge is 0.342 e. The zero-order chi connectivity index (χ0) is 21.0. The first-order valence-electron chi connectivity index (χ1n) is 9.01. The van der Waals surface area contributed by atoms with Crippen molar-refractivity contribution in [3.05, 3.63) is 39.8 Å². The van der Waals surface area contributed by atoms with Crippen molar-refractivity contribution in [1.82, 2.24) is 0 Å². The summed E-state index contributed by atoms with van der Waals surface area (Å²) >= 11 is 1.34. The third-order valence-electron chi connectivity index (χ3n) is 4.57. The lowest BCUT2D eigenvalue weighted by Gasteiger charge is -2.12. The standard InChI is InChI=1S/C20H21NO7S/c1-26-11-7-8-12(14(22)9-11)19(24)28-10-16(23)21-18-17(20(25)27-2)13-5-3-4-6-15(13)29-18/h7-9,22H,3-6,10H2,1-2H3,(H,21,23). The lowest BCUT2D eigenvalue weighted by molar-refractivity contribution is -0.119. The lowest BCUT2D eigenvalue weighted by Crippen LogP contribution is -2.21. The van der Waals surface area contributed by atoms with Crippen molar-refractivity contribution < 1.29 is 33.7 Å². The van der Waals surface area contributed by atoms with E-state index < -0.39 is 24.5 Å². The van der Waals surface area contributed by atoms with Gasteiger partial charge in [-0.05, 0) is 43.4 Å². The Bertz CT molecular complexity index is 951. The number of amides is 1. The third kappa shape index (κ3) is 4.51. The van der Waals surface area contributed by atoms with Crippen LogP contribution in [-0.2, 0) is 27.1 Å². The van der Waals surface area contributed by atoms with Gasteiger partial charge in [0.1, 0.15) is 22.1 Å². The number of carbonyl (C=O) groups is 3. The highest BCUT2D eigenvalue weighted by atomic mass is 32.1. The van der Waals surface area contributed by atoms with Gasteiger partial charge in [-0.2, -0.15) is 0 Å². The minimum Gasteiger partial charge on any atom is -0.507 e. The van der Waals surface area contributed by atoms with Crippen molar-refractivity contribution in [3.63, 3.8) is 0 Å². The Labute approximate surface area is 171 Å². The molecule has 29 heavy (non-hydrogen) atoms. The Balaban J connectivity index is 1.67. The van der Waals surface area contributed by atoms with Crippen molar-refractivity contribution >= 4 is 34.2 Å². The number of aromatic hydroxyl groups is 1. The van der Waals surface area contributed by atoms with E-state index >= 15 is 0 Å². The summed E-state index contributed by atoms with van der Waals surface area (Å²) in [6.45, 7) is -0.562. The molecule has 8 nitrogen and oxygen atoms in total. The molecular formula is C20H21NO7S. The monoisotopic (exact) mass is 419 g/mol. The van der Waals surface area contributed by atoms with Crippen LogP contribution in [0.2, 0.25) is 0 Å². The number of phenols is 1. The van der Waals surface area contributed by atoms with Crippen LogP contribution in [-0.4, -0.2) is 43.8 Å². The van der Waals surface area contributed by atoms with E-state index in [0.29, 0.717) is 16.3 Å². The molecule has 2 N–H and O–H groups in total. The summed E-state index contributed by atoms with van der Waals surface area (Å²) in [5.41, 5.74) is 1.21. The zero-order valence-corrected chi connectivity index (χ0v) is 16.9. The maximum Gasteiger partial charge on any atom is 0.342 e. The van der Waals surface area contributed by atoms with Crippen LogP contribution >= 0.6 is 11.3 Å². The summed E-state index contributed by atoms with van der Waals surface area (Å²) < 4.78 is 14.8. The largest absolute Gasteiger partial charge is 0.507 e. The van der Waals surface area contributed by atoms with Crippen molar-refractivity contribution in [2.75, 3.05) is 26.1 Å². The fourth-order valence-corrected chi connectivity index (χ4v) is 4.45. The van der Waals surface area contributed by atoms with Gasteiger partial charge in [-0.1, -0.05) is 0 Å². The molecule has 0 fully saturated rings. The molecule has 1 aromatic carbocycles. The molecule has 0 aliphatic heterocycles. The van der Waals surface area contributed by atoms with Crippen LogP contribution < -0.4 is 10.1 Å². The normalized spacial score (nSPS) is 12.6. The number of ether oxygens (including phenoxy) is 3. The number of hydrogen-bond donors (Lipinski definition) is 2. The Morgan fingerprint density at radius 1 is 1.14 bits per heavy atom. The molecule has 0 radical (unpaired) electrons. The average molecular weight is 419 g/mol. The van der Waals surface area contributed by atoms with Crippen LogP contribution in [0.25, 0.3) is 0 Å². The lowest BCUT2D eigenvalue weighted by atomic mass is 9.95. The quantitative estimate of drug-likeness (QED) is 0.693. The van der Waals surface area contributed by atoms with E-state index in [9.17, 15) is 19.5 Å². The number of anilines is 1. The maximum absolute atomic E-state index is 12.3. The van der Waals surface area contributed by atoms with Gasteiger partial charge in [0.2, 0.25) is 0 Å². The number of rotatable bonds is 6. The minimum absolute atomic E-state index is 0.0829. The number of hydrogen-bond acceptors (Lipinski definition) is 8. The van der Waals surface area contributed by atoms with Gasteiger partial charge in [-0.3, -0.25) is 4.79 Å². The van der Waals surface area contributed by atoms with Crippen LogP contribution in [0.5, 0.6) is 11.5 Å². The number of aryl methyl sites for hydroxylation is 1. The number of fused-ring (bicyclic) bond motifs is 1. The summed E-state index contributed by atoms with van der Waals surface area (Å²) in [4.78, 5) is 37.7. The van der Waals surface area contributed by atoms with Crippen LogP contribution in [0.1, 0.15) is 44.0 Å².